The molecule has 2 N–H and O–H groups in total. The van der Waals surface area contributed by atoms with E-state index in [1.165, 1.54) is 30.3 Å². The van der Waals surface area contributed by atoms with E-state index < -0.39 is 21.6 Å². The summed E-state index contributed by atoms with van der Waals surface area (Å²) < 4.78 is 36.5. The minimum Gasteiger partial charge on any atom is -0.351 e. The summed E-state index contributed by atoms with van der Waals surface area (Å²) in [6, 6.07) is 9.26. The zero-order valence-electron chi connectivity index (χ0n) is 14.5. The van der Waals surface area contributed by atoms with Gasteiger partial charge in [-0.15, -0.1) is 0 Å². The van der Waals surface area contributed by atoms with Crippen LogP contribution < -0.4 is 10.6 Å². The predicted octanol–water partition coefficient (Wildman–Crippen LogP) is 3.03. The molecule has 2 aromatic carbocycles. The molecule has 0 saturated carbocycles. The van der Waals surface area contributed by atoms with Crippen LogP contribution >= 0.6 is 11.6 Å². The van der Waals surface area contributed by atoms with Crippen molar-refractivity contribution in [2.24, 2.45) is 0 Å². The zero-order chi connectivity index (χ0) is 20.0. The molecule has 0 unspecified atom stereocenters. The molecule has 0 atom stereocenters. The first-order chi connectivity index (χ1) is 12.7. The molecule has 2 aromatic rings. The van der Waals surface area contributed by atoms with E-state index in [0.29, 0.717) is 5.69 Å². The zero-order valence-corrected chi connectivity index (χ0v) is 16.0. The highest BCUT2D eigenvalue weighted by Gasteiger charge is 2.13. The lowest BCUT2D eigenvalue weighted by atomic mass is 10.2. The minimum atomic E-state index is -3.29. The van der Waals surface area contributed by atoms with E-state index in [4.69, 9.17) is 11.6 Å². The summed E-state index contributed by atoms with van der Waals surface area (Å²) >= 11 is 5.81. The normalized spacial score (nSPS) is 11.1. The van der Waals surface area contributed by atoms with Crippen LogP contribution in [0.25, 0.3) is 0 Å². The average Bonchev–Trinajstić information content (AvgIpc) is 2.62. The molecule has 0 spiro atoms. The largest absolute Gasteiger partial charge is 0.351 e. The lowest BCUT2D eigenvalue weighted by Gasteiger charge is -2.08. The topological polar surface area (TPSA) is 92.3 Å². The van der Waals surface area contributed by atoms with Crippen molar-refractivity contribution < 1.29 is 22.4 Å². The van der Waals surface area contributed by atoms with Crippen LogP contribution in [-0.2, 0) is 14.6 Å². The maximum Gasteiger partial charge on any atom is 0.252 e. The van der Waals surface area contributed by atoms with Crippen molar-refractivity contribution in [3.8, 4) is 0 Å². The number of carbonyl (C=O) groups excluding carboxylic acids is 2. The van der Waals surface area contributed by atoms with E-state index >= 15 is 0 Å². The highest BCUT2D eigenvalue weighted by molar-refractivity contribution is 7.91. The van der Waals surface area contributed by atoms with Crippen molar-refractivity contribution in [2.45, 2.75) is 18.2 Å². The summed E-state index contributed by atoms with van der Waals surface area (Å²) in [5, 5.41) is 5.12. The second kappa shape index (κ2) is 8.96. The monoisotopic (exact) mass is 412 g/mol. The fourth-order valence-electron chi connectivity index (χ4n) is 2.19. The Kier molecular flexibility index (Phi) is 6.92. The van der Waals surface area contributed by atoms with Crippen LogP contribution in [0.15, 0.2) is 47.4 Å². The van der Waals surface area contributed by atoms with Gasteiger partial charge in [0.05, 0.1) is 21.2 Å². The fraction of sp³-hybridized carbons (Fsp3) is 0.222. The lowest BCUT2D eigenvalue weighted by Crippen LogP contribution is -2.27. The van der Waals surface area contributed by atoms with Gasteiger partial charge in [-0.1, -0.05) is 18.5 Å². The maximum absolute atomic E-state index is 13.0. The Morgan fingerprint density at radius 2 is 1.78 bits per heavy atom. The van der Waals surface area contributed by atoms with Gasteiger partial charge in [-0.05, 0) is 42.5 Å². The molecule has 2 amide bonds. The number of anilines is 1. The Bertz CT molecular complexity index is 946. The molecule has 2 rings (SSSR count). The molecular formula is C18H18ClFN2O4S. The van der Waals surface area contributed by atoms with Gasteiger partial charge in [-0.2, -0.15) is 0 Å². The first kappa shape index (κ1) is 20.9. The Labute approximate surface area is 161 Å². The molecule has 144 valence electrons. The van der Waals surface area contributed by atoms with E-state index in [0.717, 1.165) is 12.1 Å². The first-order valence-corrected chi connectivity index (χ1v) is 10.1. The van der Waals surface area contributed by atoms with Gasteiger partial charge in [0, 0.05) is 18.7 Å². The third kappa shape index (κ3) is 5.77. The summed E-state index contributed by atoms with van der Waals surface area (Å²) in [7, 11) is -3.29. The summed E-state index contributed by atoms with van der Waals surface area (Å²) in [6.45, 7) is 1.61. The van der Waals surface area contributed by atoms with Crippen molar-refractivity contribution in [2.75, 3.05) is 17.6 Å². The highest BCUT2D eigenvalue weighted by atomic mass is 35.5. The van der Waals surface area contributed by atoms with Gasteiger partial charge >= 0.3 is 0 Å². The number of nitrogens with one attached hydrogen (secondary N) is 2. The van der Waals surface area contributed by atoms with Crippen molar-refractivity contribution in [3.05, 3.63) is 58.9 Å². The number of carbonyl (C=O) groups is 2. The molecule has 0 aliphatic carbocycles. The Hall–Kier alpha value is -2.45. The van der Waals surface area contributed by atoms with E-state index in [2.05, 4.69) is 10.6 Å². The highest BCUT2D eigenvalue weighted by Crippen LogP contribution is 2.17. The van der Waals surface area contributed by atoms with Gasteiger partial charge < -0.3 is 10.6 Å². The maximum atomic E-state index is 13.0. The number of amides is 2. The summed E-state index contributed by atoms with van der Waals surface area (Å²) in [4.78, 5) is 24.1. The van der Waals surface area contributed by atoms with Crippen LogP contribution in [0.1, 0.15) is 23.7 Å². The first-order valence-electron chi connectivity index (χ1n) is 8.09. The molecule has 0 heterocycles. The molecule has 0 saturated heterocycles. The Balaban J connectivity index is 1.85. The lowest BCUT2D eigenvalue weighted by molar-refractivity contribution is -0.116. The van der Waals surface area contributed by atoms with E-state index in [9.17, 15) is 22.4 Å². The Morgan fingerprint density at radius 1 is 1.11 bits per heavy atom. The van der Waals surface area contributed by atoms with E-state index in [1.54, 1.807) is 6.92 Å². The number of benzene rings is 2. The molecule has 0 fully saturated rings. The number of hydrogen-bond acceptors (Lipinski definition) is 4. The van der Waals surface area contributed by atoms with Crippen LogP contribution in [0.2, 0.25) is 5.02 Å². The standard InChI is InChI=1S/C18H18ClFN2O4S/c1-2-27(25,26)14-6-4-13(5-7-14)22-17(23)9-10-21-18(24)15-8-3-12(20)11-16(15)19/h3-8,11H,2,9-10H2,1H3,(H,21,24)(H,22,23). The van der Waals surface area contributed by atoms with Crippen molar-refractivity contribution >= 4 is 38.9 Å². The second-order valence-corrected chi connectivity index (χ2v) is 8.29. The number of rotatable bonds is 7. The van der Waals surface area contributed by atoms with Gasteiger partial charge in [0.2, 0.25) is 5.91 Å². The number of halogens is 2. The predicted molar refractivity (Wildman–Crippen MR) is 101 cm³/mol. The molecule has 0 radical (unpaired) electrons. The second-order valence-electron chi connectivity index (χ2n) is 5.61. The van der Waals surface area contributed by atoms with Crippen molar-refractivity contribution in [1.82, 2.24) is 5.32 Å². The van der Waals surface area contributed by atoms with Crippen LogP contribution in [0, 0.1) is 5.82 Å². The van der Waals surface area contributed by atoms with Crippen LogP contribution in [-0.4, -0.2) is 32.5 Å². The molecular weight excluding hydrogens is 395 g/mol. The van der Waals surface area contributed by atoms with Crippen molar-refractivity contribution in [1.29, 1.82) is 0 Å². The molecule has 0 aromatic heterocycles. The fourth-order valence-corrected chi connectivity index (χ4v) is 3.33. The van der Waals surface area contributed by atoms with Crippen LogP contribution in [0.5, 0.6) is 0 Å². The van der Waals surface area contributed by atoms with Crippen molar-refractivity contribution in [3.63, 3.8) is 0 Å². The number of hydrogen-bond donors (Lipinski definition) is 2. The number of sulfone groups is 1. The average molecular weight is 413 g/mol. The Morgan fingerprint density at radius 3 is 2.37 bits per heavy atom. The van der Waals surface area contributed by atoms with Gasteiger partial charge in [-0.25, -0.2) is 12.8 Å². The summed E-state index contributed by atoms with van der Waals surface area (Å²) in [5.74, 6) is -1.42. The third-order valence-electron chi connectivity index (χ3n) is 3.69. The van der Waals surface area contributed by atoms with Gasteiger partial charge in [0.25, 0.3) is 5.91 Å². The molecule has 27 heavy (non-hydrogen) atoms. The SMILES string of the molecule is CCS(=O)(=O)c1ccc(NC(=O)CCNC(=O)c2ccc(F)cc2Cl)cc1. The van der Waals surface area contributed by atoms with E-state index in [1.807, 2.05) is 0 Å². The summed E-state index contributed by atoms with van der Waals surface area (Å²) in [5.41, 5.74) is 0.564. The van der Waals surface area contributed by atoms with Gasteiger partial charge in [-0.3, -0.25) is 9.59 Å². The molecule has 0 aliphatic rings. The van der Waals surface area contributed by atoms with Gasteiger partial charge in [0.15, 0.2) is 9.84 Å². The van der Waals surface area contributed by atoms with E-state index in [-0.39, 0.29) is 40.1 Å². The molecule has 6 nitrogen and oxygen atoms in total. The quantitative estimate of drug-likeness (QED) is 0.731. The molecule has 0 bridgehead atoms. The smallest absolute Gasteiger partial charge is 0.252 e. The van der Waals surface area contributed by atoms with Crippen LogP contribution in [0.4, 0.5) is 10.1 Å². The summed E-state index contributed by atoms with van der Waals surface area (Å²) in [6.07, 6.45) is -0.000433. The molecule has 0 aliphatic heterocycles. The van der Waals surface area contributed by atoms with Crippen LogP contribution in [0.3, 0.4) is 0 Å². The van der Waals surface area contributed by atoms with Gasteiger partial charge in [0.1, 0.15) is 5.82 Å². The molecule has 9 heteroatoms. The third-order valence-corrected chi connectivity index (χ3v) is 5.75. The minimum absolute atomic E-state index is 0.000433.